The molecule has 1 aliphatic rings. The van der Waals surface area contributed by atoms with Crippen LogP contribution in [0.4, 0.5) is 10.3 Å². The molecule has 0 aliphatic carbocycles. The first-order valence-corrected chi connectivity index (χ1v) is 9.61. The lowest BCUT2D eigenvalue weighted by Crippen LogP contribution is -2.39. The Bertz CT molecular complexity index is 958. The maximum Gasteiger partial charge on any atom is 0.514 e. The molecule has 160 valence electrons. The number of rotatable bonds is 7. The Morgan fingerprint density at radius 2 is 2.17 bits per heavy atom. The summed E-state index contributed by atoms with van der Waals surface area (Å²) >= 11 is 6.08. The fraction of sp³-hybridized carbons (Fsp3) is 0.471. The number of nitro groups is 1. The topological polar surface area (TPSA) is 131 Å². The van der Waals surface area contributed by atoms with Crippen molar-refractivity contribution in [3.8, 4) is 0 Å². The van der Waals surface area contributed by atoms with Crippen molar-refractivity contribution in [2.75, 3.05) is 13.1 Å². The van der Waals surface area contributed by atoms with Crippen molar-refractivity contribution in [2.45, 2.75) is 32.9 Å². The van der Waals surface area contributed by atoms with Crippen molar-refractivity contribution >= 4 is 29.2 Å². The number of hydrogen-bond acceptors (Lipinski definition) is 8. The average Bonchev–Trinajstić information content (AvgIpc) is 3.17. The Hall–Kier alpha value is -2.99. The molecule has 0 unspecified atom stereocenters. The third-order valence-electron chi connectivity index (χ3n) is 4.70. The van der Waals surface area contributed by atoms with Crippen LogP contribution in [0.5, 0.6) is 0 Å². The van der Waals surface area contributed by atoms with Gasteiger partial charge in [-0.05, 0) is 55.5 Å². The summed E-state index contributed by atoms with van der Waals surface area (Å²) in [5, 5.41) is 25.4. The molecule has 2 aromatic rings. The van der Waals surface area contributed by atoms with Crippen LogP contribution >= 0.6 is 11.6 Å². The van der Waals surface area contributed by atoms with Crippen molar-refractivity contribution in [1.82, 2.24) is 30.5 Å². The summed E-state index contributed by atoms with van der Waals surface area (Å²) in [5.74, 6) is -1.33. The van der Waals surface area contributed by atoms with Crippen LogP contribution in [-0.4, -0.2) is 54.7 Å². The van der Waals surface area contributed by atoms with Crippen molar-refractivity contribution in [2.24, 2.45) is 11.0 Å². The Labute approximate surface area is 176 Å². The van der Waals surface area contributed by atoms with E-state index in [0.717, 1.165) is 10.4 Å². The zero-order chi connectivity index (χ0) is 21.7. The average molecular weight is 439 g/mol. The monoisotopic (exact) mass is 438 g/mol. The lowest BCUT2D eigenvalue weighted by Gasteiger charge is -2.31. The number of hydrogen-bond donors (Lipinski definition) is 1. The molecule has 30 heavy (non-hydrogen) atoms. The number of amides is 1. The molecule has 3 rings (SSSR count). The van der Waals surface area contributed by atoms with Gasteiger partial charge in [0.05, 0.1) is 15.9 Å². The molecule has 0 saturated carbocycles. The van der Waals surface area contributed by atoms with Crippen LogP contribution in [0, 0.1) is 21.8 Å². The smallest absolute Gasteiger partial charge is 0.390 e. The number of piperidine rings is 1. The van der Waals surface area contributed by atoms with E-state index in [1.54, 1.807) is 13.0 Å². The molecule has 0 spiro atoms. The number of benzene rings is 1. The van der Waals surface area contributed by atoms with Gasteiger partial charge in [0.1, 0.15) is 12.4 Å². The fourth-order valence-corrected chi connectivity index (χ4v) is 3.33. The number of likely N-dealkylation sites (tertiary alicyclic amines) is 1. The molecule has 1 N–H and O–H groups in total. The highest BCUT2D eigenvalue weighted by Gasteiger charge is 2.25. The Morgan fingerprint density at radius 1 is 1.43 bits per heavy atom. The molecule has 0 atom stereocenters. The van der Waals surface area contributed by atoms with Crippen molar-refractivity contribution in [3.63, 3.8) is 0 Å². The molecule has 1 aromatic carbocycles. The van der Waals surface area contributed by atoms with Gasteiger partial charge in [-0.2, -0.15) is 5.10 Å². The van der Waals surface area contributed by atoms with Crippen LogP contribution in [-0.2, 0) is 17.9 Å². The van der Waals surface area contributed by atoms with Crippen LogP contribution in [0.15, 0.2) is 23.3 Å². The minimum Gasteiger partial charge on any atom is -0.390 e. The van der Waals surface area contributed by atoms with Crippen LogP contribution in [0.2, 0.25) is 5.02 Å². The lowest BCUT2D eigenvalue weighted by atomic mass is 9.96. The normalized spacial score (nSPS) is 15.9. The van der Waals surface area contributed by atoms with E-state index in [4.69, 9.17) is 11.6 Å². The number of tetrazole rings is 1. The van der Waals surface area contributed by atoms with E-state index in [1.165, 1.54) is 12.1 Å². The Balaban J connectivity index is 1.45. The molecule has 1 aromatic heterocycles. The summed E-state index contributed by atoms with van der Waals surface area (Å²) in [6.45, 7) is 3.73. The zero-order valence-corrected chi connectivity index (χ0v) is 16.9. The third-order valence-corrected chi connectivity index (χ3v) is 5.05. The Morgan fingerprint density at radius 3 is 2.80 bits per heavy atom. The first kappa shape index (κ1) is 21.7. The first-order chi connectivity index (χ1) is 14.3. The minimum absolute atomic E-state index is 0.0675. The van der Waals surface area contributed by atoms with Gasteiger partial charge in [-0.15, -0.1) is 0 Å². The van der Waals surface area contributed by atoms with E-state index in [2.05, 4.69) is 30.8 Å². The number of nitrogens with one attached hydrogen (secondary N) is 1. The van der Waals surface area contributed by atoms with Crippen LogP contribution in [0.3, 0.4) is 0 Å². The van der Waals surface area contributed by atoms with E-state index in [-0.39, 0.29) is 24.2 Å². The molecule has 0 bridgehead atoms. The summed E-state index contributed by atoms with van der Waals surface area (Å²) in [4.78, 5) is 25.4. The van der Waals surface area contributed by atoms with Gasteiger partial charge in [0.15, 0.2) is 0 Å². The predicted octanol–water partition coefficient (Wildman–Crippen LogP) is 1.78. The SMILES string of the molecule is CC(Cn1nnc([N+](=O)[O-])n1)=NNC(=O)C1CCN(Cc2ccc(F)cc2Cl)CC1. The standard InChI is InChI=1S/C17H20ClFN8O3/c1-11(9-26-23-17(22-24-26)27(29)30)20-21-16(28)12-4-6-25(7-5-12)10-13-2-3-14(19)8-15(13)18/h2-3,8,12H,4-7,9-10H2,1H3,(H,21,28). The van der Waals surface area contributed by atoms with Crippen molar-refractivity contribution < 1.29 is 14.1 Å². The number of carbonyl (C=O) groups excluding carboxylic acids is 1. The summed E-state index contributed by atoms with van der Waals surface area (Å²) < 4.78 is 13.2. The number of carbonyl (C=O) groups is 1. The molecular formula is C17H20ClFN8O3. The molecule has 11 nitrogen and oxygen atoms in total. The van der Waals surface area contributed by atoms with Gasteiger partial charge in [0, 0.05) is 22.7 Å². The van der Waals surface area contributed by atoms with Crippen molar-refractivity contribution in [3.05, 3.63) is 44.7 Å². The number of aromatic nitrogens is 4. The maximum atomic E-state index is 13.2. The minimum atomic E-state index is -0.742. The fourth-order valence-electron chi connectivity index (χ4n) is 3.10. The third kappa shape index (κ3) is 5.76. The van der Waals surface area contributed by atoms with Crippen LogP contribution in [0.1, 0.15) is 25.3 Å². The van der Waals surface area contributed by atoms with Gasteiger partial charge < -0.3 is 10.1 Å². The highest BCUT2D eigenvalue weighted by molar-refractivity contribution is 6.31. The molecule has 1 aliphatic heterocycles. The van der Waals surface area contributed by atoms with Gasteiger partial charge in [-0.25, -0.2) is 9.82 Å². The number of nitrogens with zero attached hydrogens (tertiary/aromatic N) is 7. The maximum absolute atomic E-state index is 13.2. The van der Waals surface area contributed by atoms with Crippen LogP contribution in [0.25, 0.3) is 0 Å². The van der Waals surface area contributed by atoms with E-state index in [0.29, 0.717) is 43.2 Å². The highest BCUT2D eigenvalue weighted by atomic mass is 35.5. The van der Waals surface area contributed by atoms with E-state index in [1.807, 2.05) is 0 Å². The van der Waals surface area contributed by atoms with E-state index in [9.17, 15) is 19.3 Å². The summed E-state index contributed by atoms with van der Waals surface area (Å²) in [6, 6.07) is 4.35. The molecule has 0 radical (unpaired) electrons. The second-order valence-corrected chi connectivity index (χ2v) is 7.39. The zero-order valence-electron chi connectivity index (χ0n) is 16.2. The second kappa shape index (κ2) is 9.67. The largest absolute Gasteiger partial charge is 0.514 e. The second-order valence-electron chi connectivity index (χ2n) is 6.99. The predicted molar refractivity (Wildman–Crippen MR) is 105 cm³/mol. The van der Waals surface area contributed by atoms with Gasteiger partial charge in [-0.1, -0.05) is 22.5 Å². The van der Waals surface area contributed by atoms with Gasteiger partial charge in [0.25, 0.3) is 0 Å². The molecule has 13 heteroatoms. The van der Waals surface area contributed by atoms with Gasteiger partial charge >= 0.3 is 5.95 Å². The molecule has 1 saturated heterocycles. The van der Waals surface area contributed by atoms with Gasteiger partial charge in [0.2, 0.25) is 5.91 Å². The highest BCUT2D eigenvalue weighted by Crippen LogP contribution is 2.23. The van der Waals surface area contributed by atoms with Gasteiger partial charge in [-0.3, -0.25) is 9.69 Å². The summed E-state index contributed by atoms with van der Waals surface area (Å²) in [7, 11) is 0. The van der Waals surface area contributed by atoms with E-state index >= 15 is 0 Å². The summed E-state index contributed by atoms with van der Waals surface area (Å²) in [5.41, 5.74) is 3.85. The van der Waals surface area contributed by atoms with Crippen LogP contribution < -0.4 is 5.43 Å². The first-order valence-electron chi connectivity index (χ1n) is 9.23. The van der Waals surface area contributed by atoms with E-state index < -0.39 is 10.9 Å². The molecule has 1 amide bonds. The summed E-state index contributed by atoms with van der Waals surface area (Å²) in [6.07, 6.45) is 1.33. The van der Waals surface area contributed by atoms with Crippen molar-refractivity contribution in [1.29, 1.82) is 0 Å². The number of halogens is 2. The Kier molecular flexibility index (Phi) is 7.00. The lowest BCUT2D eigenvalue weighted by molar-refractivity contribution is -0.394. The molecular weight excluding hydrogens is 419 g/mol. The quantitative estimate of drug-likeness (QED) is 0.396. The molecule has 2 heterocycles. The molecule has 1 fully saturated rings. The number of hydrazone groups is 1.